The number of fused-ring (bicyclic) bond motifs is 1. The Labute approximate surface area is 94.3 Å². The summed E-state index contributed by atoms with van der Waals surface area (Å²) in [6.45, 7) is 2.28. The van der Waals surface area contributed by atoms with Crippen molar-refractivity contribution < 1.29 is 5.11 Å². The van der Waals surface area contributed by atoms with E-state index < -0.39 is 0 Å². The largest absolute Gasteiger partial charge is 0.396 e. The molecule has 1 aliphatic heterocycles. The van der Waals surface area contributed by atoms with Crippen LogP contribution in [-0.2, 0) is 18.6 Å². The first kappa shape index (κ1) is 10.9. The molecule has 0 radical (unpaired) electrons. The van der Waals surface area contributed by atoms with E-state index in [-0.39, 0.29) is 6.61 Å². The van der Waals surface area contributed by atoms with Gasteiger partial charge in [0.15, 0.2) is 0 Å². The standard InChI is InChI=1S/C11H16N2OS/c1-8-9-7-15-6-4-10(9)13-11(12-8)3-2-5-14/h14H,2-7H2,1H3. The van der Waals surface area contributed by atoms with Crippen LogP contribution in [0.5, 0.6) is 0 Å². The number of aliphatic hydroxyl groups is 1. The summed E-state index contributed by atoms with van der Waals surface area (Å²) in [5.41, 5.74) is 3.69. The van der Waals surface area contributed by atoms with Crippen LogP contribution >= 0.6 is 11.8 Å². The summed E-state index contributed by atoms with van der Waals surface area (Å²) in [6, 6.07) is 0. The fourth-order valence-electron chi connectivity index (χ4n) is 1.80. The summed E-state index contributed by atoms with van der Waals surface area (Å²) in [5.74, 6) is 3.12. The van der Waals surface area contributed by atoms with Crippen molar-refractivity contribution in [3.8, 4) is 0 Å². The van der Waals surface area contributed by atoms with Gasteiger partial charge in [-0.3, -0.25) is 0 Å². The van der Waals surface area contributed by atoms with E-state index in [4.69, 9.17) is 5.11 Å². The average molecular weight is 224 g/mol. The first-order chi connectivity index (χ1) is 7.31. The third-order valence-electron chi connectivity index (χ3n) is 2.63. The summed E-state index contributed by atoms with van der Waals surface area (Å²) in [7, 11) is 0. The van der Waals surface area contributed by atoms with Crippen molar-refractivity contribution in [1.29, 1.82) is 0 Å². The van der Waals surface area contributed by atoms with Crippen molar-refractivity contribution >= 4 is 11.8 Å². The molecule has 0 atom stereocenters. The minimum Gasteiger partial charge on any atom is -0.396 e. The van der Waals surface area contributed by atoms with Gasteiger partial charge in [-0.1, -0.05) is 0 Å². The third-order valence-corrected chi connectivity index (χ3v) is 3.62. The lowest BCUT2D eigenvalue weighted by Gasteiger charge is -2.17. The van der Waals surface area contributed by atoms with Crippen LogP contribution in [0.2, 0.25) is 0 Å². The van der Waals surface area contributed by atoms with Gasteiger partial charge in [-0.25, -0.2) is 9.97 Å². The zero-order valence-electron chi connectivity index (χ0n) is 8.99. The molecule has 0 bridgehead atoms. The van der Waals surface area contributed by atoms with Gasteiger partial charge in [-0.15, -0.1) is 0 Å². The first-order valence-corrected chi connectivity index (χ1v) is 6.50. The first-order valence-electron chi connectivity index (χ1n) is 5.35. The summed E-state index contributed by atoms with van der Waals surface area (Å²) < 4.78 is 0. The van der Waals surface area contributed by atoms with Gasteiger partial charge in [-0.05, 0) is 25.5 Å². The third kappa shape index (κ3) is 2.49. The van der Waals surface area contributed by atoms with E-state index in [2.05, 4.69) is 16.9 Å². The van der Waals surface area contributed by atoms with Crippen LogP contribution in [0.1, 0.15) is 29.2 Å². The average Bonchev–Trinajstić information content (AvgIpc) is 2.26. The number of thioether (sulfide) groups is 1. The van der Waals surface area contributed by atoms with Crippen LogP contribution in [0.4, 0.5) is 0 Å². The minimum atomic E-state index is 0.218. The van der Waals surface area contributed by atoms with Gasteiger partial charge in [0, 0.05) is 35.7 Å². The fraction of sp³-hybridized carbons (Fsp3) is 0.636. The van der Waals surface area contributed by atoms with Crippen molar-refractivity contribution in [2.24, 2.45) is 0 Å². The lowest BCUT2D eigenvalue weighted by atomic mass is 10.1. The van der Waals surface area contributed by atoms with E-state index in [1.165, 1.54) is 17.0 Å². The van der Waals surface area contributed by atoms with Crippen molar-refractivity contribution in [3.05, 3.63) is 22.8 Å². The highest BCUT2D eigenvalue weighted by Crippen LogP contribution is 2.25. The van der Waals surface area contributed by atoms with Gasteiger partial charge >= 0.3 is 0 Å². The fourth-order valence-corrected chi connectivity index (χ4v) is 2.87. The van der Waals surface area contributed by atoms with E-state index >= 15 is 0 Å². The second-order valence-corrected chi connectivity index (χ2v) is 4.89. The number of aliphatic hydroxyl groups excluding tert-OH is 1. The van der Waals surface area contributed by atoms with Crippen molar-refractivity contribution in [1.82, 2.24) is 9.97 Å². The van der Waals surface area contributed by atoms with Gasteiger partial charge in [0.1, 0.15) is 5.82 Å². The maximum Gasteiger partial charge on any atom is 0.128 e. The molecule has 82 valence electrons. The predicted molar refractivity (Wildman–Crippen MR) is 62.0 cm³/mol. The molecule has 1 N–H and O–H groups in total. The quantitative estimate of drug-likeness (QED) is 0.845. The number of nitrogens with zero attached hydrogens (tertiary/aromatic N) is 2. The van der Waals surface area contributed by atoms with Crippen LogP contribution in [-0.4, -0.2) is 27.4 Å². The molecule has 0 aliphatic carbocycles. The molecule has 1 aromatic rings. The Morgan fingerprint density at radius 3 is 3.07 bits per heavy atom. The Morgan fingerprint density at radius 2 is 2.27 bits per heavy atom. The monoisotopic (exact) mass is 224 g/mol. The van der Waals surface area contributed by atoms with Gasteiger partial charge in [0.05, 0.1) is 0 Å². The van der Waals surface area contributed by atoms with E-state index in [1.807, 2.05) is 11.8 Å². The Hall–Kier alpha value is -0.610. The van der Waals surface area contributed by atoms with Gasteiger partial charge in [-0.2, -0.15) is 11.8 Å². The van der Waals surface area contributed by atoms with Crippen molar-refractivity contribution in [3.63, 3.8) is 0 Å². The second kappa shape index (κ2) is 4.94. The van der Waals surface area contributed by atoms with Crippen LogP contribution in [0.25, 0.3) is 0 Å². The van der Waals surface area contributed by atoms with Gasteiger partial charge < -0.3 is 5.11 Å². The normalized spacial score (nSPS) is 15.1. The SMILES string of the molecule is Cc1nc(CCCO)nc2c1CSCC2. The smallest absolute Gasteiger partial charge is 0.128 e. The maximum absolute atomic E-state index is 8.78. The van der Waals surface area contributed by atoms with Gasteiger partial charge in [0.25, 0.3) is 0 Å². The second-order valence-electron chi connectivity index (χ2n) is 3.78. The molecule has 0 unspecified atom stereocenters. The highest BCUT2D eigenvalue weighted by molar-refractivity contribution is 7.98. The molecule has 1 aliphatic rings. The molecule has 3 nitrogen and oxygen atoms in total. The molecule has 2 rings (SSSR count). The van der Waals surface area contributed by atoms with E-state index in [9.17, 15) is 0 Å². The molecule has 0 amide bonds. The minimum absolute atomic E-state index is 0.218. The Bertz CT molecular complexity index is 355. The molecular weight excluding hydrogens is 208 g/mol. The molecule has 0 saturated carbocycles. The van der Waals surface area contributed by atoms with Crippen LogP contribution in [0.3, 0.4) is 0 Å². The van der Waals surface area contributed by atoms with Crippen LogP contribution in [0, 0.1) is 6.92 Å². The Kier molecular flexibility index (Phi) is 3.59. The molecule has 4 heteroatoms. The highest BCUT2D eigenvalue weighted by Gasteiger charge is 2.15. The summed E-state index contributed by atoms with van der Waals surface area (Å²) in [4.78, 5) is 9.06. The van der Waals surface area contributed by atoms with Crippen molar-refractivity contribution in [2.75, 3.05) is 12.4 Å². The molecule has 15 heavy (non-hydrogen) atoms. The molecule has 0 saturated heterocycles. The lowest BCUT2D eigenvalue weighted by molar-refractivity contribution is 0.287. The number of aromatic nitrogens is 2. The van der Waals surface area contributed by atoms with Crippen LogP contribution < -0.4 is 0 Å². The zero-order valence-corrected chi connectivity index (χ0v) is 9.81. The summed E-state index contributed by atoms with van der Waals surface area (Å²) in [6.07, 6.45) is 2.61. The summed E-state index contributed by atoms with van der Waals surface area (Å²) in [5, 5.41) is 8.78. The number of aryl methyl sites for hydroxylation is 3. The number of hydrogen-bond donors (Lipinski definition) is 1. The predicted octanol–water partition coefficient (Wildman–Crippen LogP) is 1.50. The molecular formula is C11H16N2OS. The Morgan fingerprint density at radius 1 is 1.40 bits per heavy atom. The molecule has 0 spiro atoms. The van der Waals surface area contributed by atoms with Crippen molar-refractivity contribution in [2.45, 2.75) is 31.9 Å². The highest BCUT2D eigenvalue weighted by atomic mass is 32.2. The lowest BCUT2D eigenvalue weighted by Crippen LogP contribution is -2.12. The maximum atomic E-state index is 8.78. The van der Waals surface area contributed by atoms with Gasteiger partial charge in [0.2, 0.25) is 0 Å². The number of rotatable bonds is 3. The van der Waals surface area contributed by atoms with Crippen LogP contribution in [0.15, 0.2) is 0 Å². The topological polar surface area (TPSA) is 46.0 Å². The van der Waals surface area contributed by atoms with E-state index in [0.717, 1.165) is 36.5 Å². The molecule has 0 fully saturated rings. The Balaban J connectivity index is 2.24. The molecule has 2 heterocycles. The number of hydrogen-bond acceptors (Lipinski definition) is 4. The summed E-state index contributed by atoms with van der Waals surface area (Å²) >= 11 is 1.96. The molecule has 0 aromatic carbocycles. The van der Waals surface area contributed by atoms with E-state index in [0.29, 0.717) is 0 Å². The zero-order chi connectivity index (χ0) is 10.7. The van der Waals surface area contributed by atoms with E-state index in [1.54, 1.807) is 0 Å². The molecule has 1 aromatic heterocycles.